The van der Waals surface area contributed by atoms with Gasteiger partial charge >= 0.3 is 0 Å². The summed E-state index contributed by atoms with van der Waals surface area (Å²) >= 11 is 0. The molecule has 17 heavy (non-hydrogen) atoms. The average Bonchev–Trinajstić information content (AvgIpc) is 2.75. The van der Waals surface area contributed by atoms with E-state index in [1.54, 1.807) is 7.11 Å². The Kier molecular flexibility index (Phi) is 6.93. The molecule has 0 radical (unpaired) electrons. The fraction of sp³-hybridized carbons (Fsp3) is 0.692. The zero-order chi connectivity index (χ0) is 12.5. The first-order chi connectivity index (χ1) is 8.26. The molecule has 0 spiro atoms. The molecular formula is C13H23NO3. The summed E-state index contributed by atoms with van der Waals surface area (Å²) in [6.07, 6.45) is 1.22. The van der Waals surface area contributed by atoms with Crippen LogP contribution in [0.15, 0.2) is 16.5 Å². The standard InChI is InChI=1S/C13H23NO3/c1-4-7-14-8-12-5-6-13(17-12)10-16-11(2)9-15-3/h5-6,11,14H,4,7-10H2,1-3H3. The molecule has 0 aliphatic rings. The van der Waals surface area contributed by atoms with Crippen LogP contribution in [0.25, 0.3) is 0 Å². The minimum Gasteiger partial charge on any atom is -0.462 e. The summed E-state index contributed by atoms with van der Waals surface area (Å²) < 4.78 is 16.2. The molecule has 0 aliphatic heterocycles. The van der Waals surface area contributed by atoms with E-state index < -0.39 is 0 Å². The first-order valence-electron chi connectivity index (χ1n) is 6.15. The Morgan fingerprint density at radius 2 is 2.12 bits per heavy atom. The molecule has 1 aromatic rings. The highest BCUT2D eigenvalue weighted by Gasteiger charge is 2.05. The van der Waals surface area contributed by atoms with Gasteiger partial charge in [0.05, 0.1) is 19.3 Å². The number of ether oxygens (including phenoxy) is 2. The Balaban J connectivity index is 2.25. The molecule has 0 fully saturated rings. The highest BCUT2D eigenvalue weighted by atomic mass is 16.5. The Morgan fingerprint density at radius 3 is 2.82 bits per heavy atom. The van der Waals surface area contributed by atoms with Gasteiger partial charge in [-0.3, -0.25) is 0 Å². The lowest BCUT2D eigenvalue weighted by Crippen LogP contribution is -2.14. The van der Waals surface area contributed by atoms with Crippen LogP contribution in [0, 0.1) is 0 Å². The molecule has 1 unspecified atom stereocenters. The van der Waals surface area contributed by atoms with Gasteiger partial charge in [-0.2, -0.15) is 0 Å². The van der Waals surface area contributed by atoms with Crippen molar-refractivity contribution in [3.05, 3.63) is 23.7 Å². The summed E-state index contributed by atoms with van der Waals surface area (Å²) in [5.74, 6) is 1.82. The van der Waals surface area contributed by atoms with Crippen LogP contribution in [-0.2, 0) is 22.6 Å². The van der Waals surface area contributed by atoms with Crippen LogP contribution in [0.5, 0.6) is 0 Å². The lowest BCUT2D eigenvalue weighted by molar-refractivity contribution is -0.00665. The van der Waals surface area contributed by atoms with Crippen molar-refractivity contribution in [2.75, 3.05) is 20.3 Å². The van der Waals surface area contributed by atoms with E-state index in [-0.39, 0.29) is 6.10 Å². The zero-order valence-corrected chi connectivity index (χ0v) is 11.0. The molecule has 1 atom stereocenters. The maximum Gasteiger partial charge on any atom is 0.129 e. The summed E-state index contributed by atoms with van der Waals surface area (Å²) in [6, 6.07) is 3.95. The van der Waals surface area contributed by atoms with Gasteiger partial charge in [0.2, 0.25) is 0 Å². The molecule has 0 saturated heterocycles. The zero-order valence-electron chi connectivity index (χ0n) is 11.0. The first kappa shape index (κ1) is 14.2. The second-order valence-corrected chi connectivity index (χ2v) is 4.12. The average molecular weight is 241 g/mol. The first-order valence-corrected chi connectivity index (χ1v) is 6.15. The Hall–Kier alpha value is -0.840. The van der Waals surface area contributed by atoms with Gasteiger partial charge in [-0.15, -0.1) is 0 Å². The van der Waals surface area contributed by atoms with E-state index in [0.717, 1.165) is 31.0 Å². The number of nitrogens with one attached hydrogen (secondary N) is 1. The van der Waals surface area contributed by atoms with E-state index in [2.05, 4.69) is 12.2 Å². The summed E-state index contributed by atoms with van der Waals surface area (Å²) in [4.78, 5) is 0. The van der Waals surface area contributed by atoms with Crippen LogP contribution in [0.4, 0.5) is 0 Å². The van der Waals surface area contributed by atoms with E-state index in [9.17, 15) is 0 Å². The van der Waals surface area contributed by atoms with Crippen molar-refractivity contribution in [2.45, 2.75) is 39.5 Å². The van der Waals surface area contributed by atoms with Gasteiger partial charge in [0, 0.05) is 7.11 Å². The van der Waals surface area contributed by atoms with Gasteiger partial charge in [-0.25, -0.2) is 0 Å². The van der Waals surface area contributed by atoms with Crippen LogP contribution in [0.2, 0.25) is 0 Å². The normalized spacial score (nSPS) is 12.9. The summed E-state index contributed by atoms with van der Waals surface area (Å²) in [7, 11) is 1.67. The molecule has 0 amide bonds. The molecule has 4 heteroatoms. The monoisotopic (exact) mass is 241 g/mol. The number of hydrogen-bond donors (Lipinski definition) is 1. The van der Waals surface area contributed by atoms with Gasteiger partial charge in [0.25, 0.3) is 0 Å². The summed E-state index contributed by atoms with van der Waals surface area (Å²) in [5, 5.41) is 3.30. The third-order valence-electron chi connectivity index (χ3n) is 2.35. The van der Waals surface area contributed by atoms with Crippen molar-refractivity contribution >= 4 is 0 Å². The largest absolute Gasteiger partial charge is 0.462 e. The maximum atomic E-state index is 5.63. The number of rotatable bonds is 9. The molecule has 0 aliphatic carbocycles. The smallest absolute Gasteiger partial charge is 0.129 e. The molecule has 1 heterocycles. The second kappa shape index (κ2) is 8.28. The van der Waals surface area contributed by atoms with E-state index in [1.165, 1.54) is 0 Å². The molecular weight excluding hydrogens is 218 g/mol. The van der Waals surface area contributed by atoms with Crippen LogP contribution in [-0.4, -0.2) is 26.4 Å². The summed E-state index contributed by atoms with van der Waals surface area (Å²) in [5.41, 5.74) is 0. The van der Waals surface area contributed by atoms with Gasteiger partial charge in [0.15, 0.2) is 0 Å². The van der Waals surface area contributed by atoms with E-state index in [0.29, 0.717) is 13.2 Å². The predicted octanol–water partition coefficient (Wildman–Crippen LogP) is 2.33. The Labute approximate surface area is 103 Å². The SMILES string of the molecule is CCCNCc1ccc(COC(C)COC)o1. The third-order valence-corrected chi connectivity index (χ3v) is 2.35. The van der Waals surface area contributed by atoms with Crippen LogP contribution < -0.4 is 5.32 Å². The number of hydrogen-bond acceptors (Lipinski definition) is 4. The fourth-order valence-corrected chi connectivity index (χ4v) is 1.49. The molecule has 98 valence electrons. The number of furan rings is 1. The quantitative estimate of drug-likeness (QED) is 0.674. The maximum absolute atomic E-state index is 5.63. The van der Waals surface area contributed by atoms with Crippen LogP contribution in [0.1, 0.15) is 31.8 Å². The molecule has 4 nitrogen and oxygen atoms in total. The van der Waals surface area contributed by atoms with Gasteiger partial charge in [-0.1, -0.05) is 6.92 Å². The highest BCUT2D eigenvalue weighted by Crippen LogP contribution is 2.10. The van der Waals surface area contributed by atoms with Crippen molar-refractivity contribution in [1.29, 1.82) is 0 Å². The lowest BCUT2D eigenvalue weighted by Gasteiger charge is -2.10. The molecule has 1 rings (SSSR count). The third kappa shape index (κ3) is 5.86. The predicted molar refractivity (Wildman–Crippen MR) is 66.8 cm³/mol. The van der Waals surface area contributed by atoms with Crippen molar-refractivity contribution in [1.82, 2.24) is 5.32 Å². The van der Waals surface area contributed by atoms with Crippen molar-refractivity contribution in [3.8, 4) is 0 Å². The lowest BCUT2D eigenvalue weighted by atomic mass is 10.4. The van der Waals surface area contributed by atoms with Crippen molar-refractivity contribution in [3.63, 3.8) is 0 Å². The Morgan fingerprint density at radius 1 is 1.35 bits per heavy atom. The second-order valence-electron chi connectivity index (χ2n) is 4.12. The number of methoxy groups -OCH3 is 1. The fourth-order valence-electron chi connectivity index (χ4n) is 1.49. The van der Waals surface area contributed by atoms with Crippen molar-refractivity contribution < 1.29 is 13.9 Å². The molecule has 0 saturated carbocycles. The molecule has 0 aromatic carbocycles. The van der Waals surface area contributed by atoms with Gasteiger partial charge in [0.1, 0.15) is 18.1 Å². The Bertz CT molecular complexity index is 299. The van der Waals surface area contributed by atoms with Gasteiger partial charge in [-0.05, 0) is 32.0 Å². The minimum atomic E-state index is 0.0896. The summed E-state index contributed by atoms with van der Waals surface area (Å²) in [6.45, 7) is 7.02. The van der Waals surface area contributed by atoms with Crippen molar-refractivity contribution in [2.24, 2.45) is 0 Å². The van der Waals surface area contributed by atoms with Crippen LogP contribution >= 0.6 is 0 Å². The van der Waals surface area contributed by atoms with E-state index >= 15 is 0 Å². The topological polar surface area (TPSA) is 43.6 Å². The van der Waals surface area contributed by atoms with E-state index in [4.69, 9.17) is 13.9 Å². The van der Waals surface area contributed by atoms with E-state index in [1.807, 2.05) is 19.1 Å². The minimum absolute atomic E-state index is 0.0896. The molecule has 1 N–H and O–H groups in total. The van der Waals surface area contributed by atoms with Crippen LogP contribution in [0.3, 0.4) is 0 Å². The highest BCUT2D eigenvalue weighted by molar-refractivity contribution is 5.06. The molecule has 0 bridgehead atoms. The van der Waals surface area contributed by atoms with Gasteiger partial charge < -0.3 is 19.2 Å². The molecule has 1 aromatic heterocycles.